The first-order valence-electron chi connectivity index (χ1n) is 11.2. The van der Waals surface area contributed by atoms with Gasteiger partial charge in [0, 0.05) is 42.8 Å². The van der Waals surface area contributed by atoms with Crippen molar-refractivity contribution >= 4 is 17.5 Å². The van der Waals surface area contributed by atoms with Gasteiger partial charge in [0.05, 0.1) is 5.69 Å². The van der Waals surface area contributed by atoms with Crippen molar-refractivity contribution in [1.29, 1.82) is 0 Å². The van der Waals surface area contributed by atoms with Gasteiger partial charge in [0.25, 0.3) is 0 Å². The maximum absolute atomic E-state index is 14.5. The number of piperidine rings is 1. The normalized spacial score (nSPS) is 22.0. The fourth-order valence-corrected chi connectivity index (χ4v) is 4.72. The lowest BCUT2D eigenvalue weighted by atomic mass is 9.93. The zero-order valence-corrected chi connectivity index (χ0v) is 18.6. The van der Waals surface area contributed by atoms with Crippen LogP contribution >= 0.6 is 0 Å². The standard InChI is InChI=1S/C24H23F4N5O2/c1-14-11-18(32-9-6-23(4-5-23)7-10-32)31-21-16(12-15(25)13-33(14)21)20(24(26,27)28)30-17-3-2-8-29-19(17)22(34)35/h2-3,8,11-13,20,30H,1,4-7,9-10H2,(H,34,35). The van der Waals surface area contributed by atoms with Gasteiger partial charge in [-0.1, -0.05) is 6.58 Å². The minimum Gasteiger partial charge on any atom is -0.476 e. The van der Waals surface area contributed by atoms with Crippen molar-refractivity contribution in [1.82, 2.24) is 14.8 Å². The van der Waals surface area contributed by atoms with Crippen LogP contribution in [0.2, 0.25) is 0 Å². The first-order chi connectivity index (χ1) is 16.6. The number of carboxylic acids is 1. The molecular weight excluding hydrogens is 466 g/mol. The summed E-state index contributed by atoms with van der Waals surface area (Å²) in [4.78, 5) is 22.9. The zero-order chi connectivity index (χ0) is 25.0. The molecule has 184 valence electrons. The Bertz CT molecular complexity index is 1200. The number of pyridine rings is 1. The van der Waals surface area contributed by atoms with Gasteiger partial charge >= 0.3 is 12.1 Å². The van der Waals surface area contributed by atoms with Gasteiger partial charge in [-0.2, -0.15) is 13.2 Å². The highest BCUT2D eigenvalue weighted by Gasteiger charge is 2.48. The number of nitrogens with zero attached hydrogens (tertiary/aromatic N) is 4. The summed E-state index contributed by atoms with van der Waals surface area (Å²) in [5.74, 6) is -2.04. The fourth-order valence-electron chi connectivity index (χ4n) is 4.72. The molecule has 3 aliphatic heterocycles. The van der Waals surface area contributed by atoms with Crippen molar-refractivity contribution in [2.24, 2.45) is 10.4 Å². The largest absolute Gasteiger partial charge is 0.476 e. The monoisotopic (exact) mass is 489 g/mol. The number of hydrogen-bond acceptors (Lipinski definition) is 6. The Labute approximate surface area is 198 Å². The molecule has 5 rings (SSSR count). The number of carbonyl (C=O) groups is 1. The lowest BCUT2D eigenvalue weighted by Crippen LogP contribution is -2.46. The number of hydrogen-bond donors (Lipinski definition) is 2. The molecule has 35 heavy (non-hydrogen) atoms. The number of likely N-dealkylation sites (tertiary alicyclic amines) is 1. The molecule has 1 saturated carbocycles. The fraction of sp³-hybridized carbons (Fsp3) is 0.375. The van der Waals surface area contributed by atoms with Gasteiger partial charge in [0.15, 0.2) is 11.7 Å². The van der Waals surface area contributed by atoms with Crippen LogP contribution in [0.25, 0.3) is 0 Å². The van der Waals surface area contributed by atoms with Gasteiger partial charge < -0.3 is 15.3 Å². The number of amidine groups is 1. The van der Waals surface area contributed by atoms with Crippen LogP contribution in [0, 0.1) is 5.41 Å². The highest BCUT2D eigenvalue weighted by atomic mass is 19.4. The molecule has 2 N–H and O–H groups in total. The molecule has 0 amide bonds. The maximum Gasteiger partial charge on any atom is 0.412 e. The summed E-state index contributed by atoms with van der Waals surface area (Å²) < 4.78 is 57.5. The molecule has 1 aromatic rings. The average Bonchev–Trinajstić information content (AvgIpc) is 3.56. The minimum absolute atomic E-state index is 0.115. The van der Waals surface area contributed by atoms with Gasteiger partial charge in [-0.25, -0.2) is 19.2 Å². The van der Waals surface area contributed by atoms with E-state index in [4.69, 9.17) is 0 Å². The molecule has 1 spiro atoms. The van der Waals surface area contributed by atoms with Crippen LogP contribution in [0.3, 0.4) is 0 Å². The molecule has 0 aromatic carbocycles. The lowest BCUT2D eigenvalue weighted by molar-refractivity contribution is -0.133. The second-order valence-electron chi connectivity index (χ2n) is 9.22. The van der Waals surface area contributed by atoms with E-state index >= 15 is 0 Å². The van der Waals surface area contributed by atoms with Crippen molar-refractivity contribution in [2.45, 2.75) is 37.9 Å². The molecule has 2 fully saturated rings. The van der Waals surface area contributed by atoms with Gasteiger partial charge in [-0.3, -0.25) is 4.90 Å². The van der Waals surface area contributed by atoms with E-state index in [0.29, 0.717) is 11.2 Å². The summed E-state index contributed by atoms with van der Waals surface area (Å²) in [5.41, 5.74) is -0.725. The summed E-state index contributed by atoms with van der Waals surface area (Å²) in [5, 5.41) is 11.6. The first kappa shape index (κ1) is 23.1. The number of carboxylic acid groups (broad SMARTS) is 1. The molecule has 1 aliphatic carbocycles. The molecule has 1 unspecified atom stereocenters. The SMILES string of the molecule is C=C1C=C(N2CCC3(CC2)CC3)N=C2C(C(Nc3cccnc3C(=O)O)C(F)(F)F)=CC(F)=CN12. The van der Waals surface area contributed by atoms with E-state index < -0.39 is 35.3 Å². The number of fused-ring (bicyclic) bond motifs is 1. The maximum atomic E-state index is 14.5. The second kappa shape index (κ2) is 8.24. The van der Waals surface area contributed by atoms with E-state index in [1.165, 1.54) is 29.9 Å². The number of rotatable bonds is 5. The zero-order valence-electron chi connectivity index (χ0n) is 18.6. The van der Waals surface area contributed by atoms with Crippen molar-refractivity contribution < 1.29 is 27.5 Å². The summed E-state index contributed by atoms with van der Waals surface area (Å²) in [6.45, 7) is 5.38. The van der Waals surface area contributed by atoms with Crippen molar-refractivity contribution in [3.63, 3.8) is 0 Å². The quantitative estimate of drug-likeness (QED) is 0.578. The van der Waals surface area contributed by atoms with E-state index in [9.17, 15) is 27.5 Å². The average molecular weight is 489 g/mol. The molecule has 4 aliphatic rings. The summed E-state index contributed by atoms with van der Waals surface area (Å²) in [7, 11) is 0. The van der Waals surface area contributed by atoms with E-state index in [-0.39, 0.29) is 17.2 Å². The predicted molar refractivity (Wildman–Crippen MR) is 121 cm³/mol. The predicted octanol–water partition coefficient (Wildman–Crippen LogP) is 4.82. The van der Waals surface area contributed by atoms with Gasteiger partial charge in [0.2, 0.25) is 0 Å². The minimum atomic E-state index is -4.91. The molecule has 4 heterocycles. The van der Waals surface area contributed by atoms with Gasteiger partial charge in [-0.15, -0.1) is 0 Å². The van der Waals surface area contributed by atoms with Crippen molar-refractivity contribution in [2.75, 3.05) is 18.4 Å². The van der Waals surface area contributed by atoms with E-state index in [1.807, 2.05) is 4.90 Å². The number of nitrogens with one attached hydrogen (secondary N) is 1. The summed E-state index contributed by atoms with van der Waals surface area (Å²) >= 11 is 0. The number of anilines is 1. The summed E-state index contributed by atoms with van der Waals surface area (Å²) in [6.07, 6.45) is 4.10. The van der Waals surface area contributed by atoms with Crippen LogP contribution in [0.5, 0.6) is 0 Å². The van der Waals surface area contributed by atoms with Gasteiger partial charge in [0.1, 0.15) is 17.5 Å². The number of alkyl halides is 3. The van der Waals surface area contributed by atoms with E-state index in [0.717, 1.165) is 44.4 Å². The lowest BCUT2D eigenvalue weighted by Gasteiger charge is -2.39. The first-order valence-corrected chi connectivity index (χ1v) is 11.2. The third-order valence-electron chi connectivity index (χ3n) is 6.91. The van der Waals surface area contributed by atoms with Crippen molar-refractivity contribution in [3.05, 3.63) is 71.9 Å². The Balaban J connectivity index is 1.51. The Morgan fingerprint density at radius 3 is 2.54 bits per heavy atom. The van der Waals surface area contributed by atoms with Crippen LogP contribution in [0.1, 0.15) is 36.2 Å². The number of aromatic carboxylic acids is 1. The third kappa shape index (κ3) is 4.42. The number of aromatic nitrogens is 1. The van der Waals surface area contributed by atoms with E-state index in [2.05, 4.69) is 21.9 Å². The van der Waals surface area contributed by atoms with Crippen LogP contribution in [-0.4, -0.2) is 57.0 Å². The molecule has 0 radical (unpaired) electrons. The van der Waals surface area contributed by atoms with Crippen LogP contribution in [0.4, 0.5) is 23.2 Å². The molecule has 7 nitrogen and oxygen atoms in total. The van der Waals surface area contributed by atoms with Gasteiger partial charge in [-0.05, 0) is 49.3 Å². The Hall–Kier alpha value is -3.63. The van der Waals surface area contributed by atoms with E-state index in [1.54, 1.807) is 6.08 Å². The van der Waals surface area contributed by atoms with Crippen LogP contribution in [-0.2, 0) is 0 Å². The number of allylic oxidation sites excluding steroid dienone is 3. The molecule has 1 aromatic heterocycles. The Morgan fingerprint density at radius 1 is 1.20 bits per heavy atom. The second-order valence-corrected chi connectivity index (χ2v) is 9.22. The molecule has 0 bridgehead atoms. The summed E-state index contributed by atoms with van der Waals surface area (Å²) in [6, 6.07) is 0.0408. The molecule has 1 atom stereocenters. The third-order valence-corrected chi connectivity index (χ3v) is 6.91. The highest BCUT2D eigenvalue weighted by molar-refractivity contribution is 6.04. The Kier molecular flexibility index (Phi) is 5.45. The topological polar surface area (TPSA) is 81.1 Å². The molecule has 1 saturated heterocycles. The molecule has 11 heteroatoms. The number of aliphatic imine (C=N–C) groups is 1. The highest BCUT2D eigenvalue weighted by Crippen LogP contribution is 2.54. The van der Waals surface area contributed by atoms with Crippen LogP contribution in [0.15, 0.2) is 71.2 Å². The van der Waals surface area contributed by atoms with Crippen molar-refractivity contribution in [3.8, 4) is 0 Å². The van der Waals surface area contributed by atoms with Crippen LogP contribution < -0.4 is 5.32 Å². The molecular formula is C24H23F4N5O2. The smallest absolute Gasteiger partial charge is 0.412 e. The number of halogens is 4. The Morgan fingerprint density at radius 2 is 1.91 bits per heavy atom.